The molecule has 190 valence electrons. The summed E-state index contributed by atoms with van der Waals surface area (Å²) >= 11 is 6.24. The van der Waals surface area contributed by atoms with Crippen LogP contribution in [0, 0.1) is 12.2 Å². The molecule has 0 aliphatic carbocycles. The summed E-state index contributed by atoms with van der Waals surface area (Å²) in [4.78, 5) is 46.2. The number of carbonyl (C=O) groups excluding carboxylic acids is 3. The van der Waals surface area contributed by atoms with Crippen molar-refractivity contribution in [1.82, 2.24) is 15.3 Å². The van der Waals surface area contributed by atoms with Crippen LogP contribution >= 0.6 is 11.6 Å². The van der Waals surface area contributed by atoms with Crippen LogP contribution in [0.4, 0.5) is 38.0 Å². The maximum atomic E-state index is 14.6. The molecule has 2 aromatic carbocycles. The number of halogens is 2. The van der Waals surface area contributed by atoms with Crippen molar-refractivity contribution >= 4 is 58.3 Å². The number of primary amides is 1. The molecule has 0 saturated heterocycles. The number of fused-ring (bicyclic) bond motifs is 1. The average Bonchev–Trinajstić information content (AvgIpc) is 2.95. The number of hydrogen-bond acceptors (Lipinski definition) is 7. The third-order valence-electron chi connectivity index (χ3n) is 5.80. The molecule has 0 bridgehead atoms. The van der Waals surface area contributed by atoms with Crippen molar-refractivity contribution in [3.05, 3.63) is 71.0 Å². The predicted molar refractivity (Wildman–Crippen MR) is 138 cm³/mol. The van der Waals surface area contributed by atoms with Gasteiger partial charge in [0.2, 0.25) is 11.9 Å². The normalized spacial score (nSPS) is 14.4. The van der Waals surface area contributed by atoms with Crippen molar-refractivity contribution < 1.29 is 18.8 Å². The number of rotatable bonds is 5. The van der Waals surface area contributed by atoms with Crippen LogP contribution in [0.1, 0.15) is 36.2 Å². The van der Waals surface area contributed by atoms with Gasteiger partial charge in [0.25, 0.3) is 5.91 Å². The van der Waals surface area contributed by atoms with E-state index >= 15 is 0 Å². The van der Waals surface area contributed by atoms with Gasteiger partial charge in [-0.3, -0.25) is 9.59 Å². The van der Waals surface area contributed by atoms with Gasteiger partial charge in [-0.25, -0.2) is 19.1 Å². The molecule has 0 fully saturated rings. The second-order valence-electron chi connectivity index (χ2n) is 8.83. The van der Waals surface area contributed by atoms with Crippen molar-refractivity contribution in [1.29, 1.82) is 0 Å². The van der Waals surface area contributed by atoms with E-state index < -0.39 is 29.1 Å². The van der Waals surface area contributed by atoms with E-state index in [2.05, 4.69) is 32.3 Å². The maximum absolute atomic E-state index is 14.6. The minimum absolute atomic E-state index is 0.0449. The van der Waals surface area contributed by atoms with E-state index in [1.165, 1.54) is 31.4 Å². The lowest BCUT2D eigenvalue weighted by atomic mass is 9.80. The zero-order valence-corrected chi connectivity index (χ0v) is 20.9. The van der Waals surface area contributed by atoms with E-state index in [0.717, 1.165) is 10.5 Å². The largest absolute Gasteiger partial charge is 0.355 e. The molecule has 0 unspecified atom stereocenters. The fourth-order valence-corrected chi connectivity index (χ4v) is 4.04. The molecule has 0 saturated carbocycles. The molecule has 1 aliphatic heterocycles. The molecule has 5 N–H and O–H groups in total. The van der Waals surface area contributed by atoms with E-state index in [-0.39, 0.29) is 28.0 Å². The van der Waals surface area contributed by atoms with E-state index in [4.69, 9.17) is 17.3 Å². The topological polar surface area (TPSA) is 142 Å². The number of imide groups is 1. The summed E-state index contributed by atoms with van der Waals surface area (Å²) in [5.41, 5.74) is 6.46. The average molecular weight is 524 g/mol. The van der Waals surface area contributed by atoms with Gasteiger partial charge in [-0.15, -0.1) is 0 Å². The molecule has 4 amide bonds. The SMILES string of the molecule is CNC(=O)c1cccc(F)c1Nc1nc(Nc2ccc3c(c2)N(C(N)=O)C(=O)[C]CC3(C)C)ncc1Cl. The van der Waals surface area contributed by atoms with Crippen LogP contribution < -0.4 is 26.6 Å². The molecule has 37 heavy (non-hydrogen) atoms. The van der Waals surface area contributed by atoms with Crippen molar-refractivity contribution in [2.24, 2.45) is 5.73 Å². The summed E-state index contributed by atoms with van der Waals surface area (Å²) in [5.74, 6) is -1.69. The Kier molecular flexibility index (Phi) is 6.99. The van der Waals surface area contributed by atoms with Crippen LogP contribution in [0.5, 0.6) is 0 Å². The van der Waals surface area contributed by atoms with Gasteiger partial charge in [-0.1, -0.05) is 37.6 Å². The molecule has 1 aliphatic rings. The summed E-state index contributed by atoms with van der Waals surface area (Å²) in [7, 11) is 1.43. The monoisotopic (exact) mass is 523 g/mol. The lowest BCUT2D eigenvalue weighted by Gasteiger charge is -2.26. The molecular formula is C25H23ClFN7O3. The lowest BCUT2D eigenvalue weighted by molar-refractivity contribution is -0.114. The van der Waals surface area contributed by atoms with Gasteiger partial charge in [-0.2, -0.15) is 4.98 Å². The molecule has 4 rings (SSSR count). The smallest absolute Gasteiger partial charge is 0.326 e. The van der Waals surface area contributed by atoms with Gasteiger partial charge in [0.1, 0.15) is 10.8 Å². The number of nitrogens with two attached hydrogens (primary N) is 1. The van der Waals surface area contributed by atoms with Crippen LogP contribution in [0.15, 0.2) is 42.6 Å². The van der Waals surface area contributed by atoms with Crippen LogP contribution in [-0.2, 0) is 10.2 Å². The summed E-state index contributed by atoms with van der Waals surface area (Å²) in [6, 6.07) is 8.23. The second-order valence-corrected chi connectivity index (χ2v) is 9.24. The van der Waals surface area contributed by atoms with Crippen LogP contribution in [0.2, 0.25) is 5.02 Å². The van der Waals surface area contributed by atoms with E-state index in [9.17, 15) is 18.8 Å². The number of nitrogens with one attached hydrogen (secondary N) is 3. The number of urea groups is 1. The van der Waals surface area contributed by atoms with Crippen molar-refractivity contribution in [3.8, 4) is 0 Å². The van der Waals surface area contributed by atoms with Gasteiger partial charge in [0.15, 0.2) is 5.82 Å². The fraction of sp³-hybridized carbons (Fsp3) is 0.200. The van der Waals surface area contributed by atoms with Crippen molar-refractivity contribution in [2.45, 2.75) is 25.7 Å². The Morgan fingerprint density at radius 1 is 1.22 bits per heavy atom. The molecule has 12 heteroatoms. The van der Waals surface area contributed by atoms with E-state index in [0.29, 0.717) is 17.8 Å². The zero-order valence-electron chi connectivity index (χ0n) is 20.1. The Morgan fingerprint density at radius 2 is 1.97 bits per heavy atom. The minimum atomic E-state index is -0.931. The standard InChI is InChI=1S/C25H23ClFN7O3/c1-25(2)10-9-19(35)34(23(28)37)18-11-13(7-8-15(18)25)31-24-30-12-16(26)21(33-24)32-20-14(22(36)29-3)5-4-6-17(20)27/h4-8,11-12H,10H2,1-3H3,(H2,28,37)(H,29,36)(H2,30,31,32,33). The second kappa shape index (κ2) is 10.0. The number of carbonyl (C=O) groups is 3. The van der Waals surface area contributed by atoms with Gasteiger partial charge < -0.3 is 21.7 Å². The first kappa shape index (κ1) is 25.8. The minimum Gasteiger partial charge on any atom is -0.355 e. The first-order valence-electron chi connectivity index (χ1n) is 11.1. The lowest BCUT2D eigenvalue weighted by Crippen LogP contribution is -2.40. The third-order valence-corrected chi connectivity index (χ3v) is 6.08. The molecule has 0 atom stereocenters. The number of para-hydroxylation sites is 1. The highest BCUT2D eigenvalue weighted by atomic mass is 35.5. The molecule has 2 radical (unpaired) electrons. The Morgan fingerprint density at radius 3 is 2.68 bits per heavy atom. The predicted octanol–water partition coefficient (Wildman–Crippen LogP) is 4.29. The van der Waals surface area contributed by atoms with Crippen molar-refractivity contribution in [2.75, 3.05) is 22.6 Å². The van der Waals surface area contributed by atoms with Gasteiger partial charge in [0, 0.05) is 12.7 Å². The highest BCUT2D eigenvalue weighted by Gasteiger charge is 2.35. The first-order chi connectivity index (χ1) is 17.5. The fourth-order valence-electron chi connectivity index (χ4n) is 3.90. The van der Waals surface area contributed by atoms with Crippen LogP contribution in [0.3, 0.4) is 0 Å². The Bertz CT molecular complexity index is 1410. The number of hydrogen-bond donors (Lipinski definition) is 4. The Balaban J connectivity index is 1.69. The number of benzene rings is 2. The maximum Gasteiger partial charge on any atom is 0.326 e. The highest BCUT2D eigenvalue weighted by Crippen LogP contribution is 2.40. The number of anilines is 5. The molecule has 10 nitrogen and oxygen atoms in total. The third kappa shape index (κ3) is 5.17. The quantitative estimate of drug-likeness (QED) is 0.390. The number of amides is 4. The summed E-state index contributed by atoms with van der Waals surface area (Å²) < 4.78 is 14.6. The van der Waals surface area contributed by atoms with Gasteiger partial charge in [0.05, 0.1) is 29.6 Å². The van der Waals surface area contributed by atoms with Crippen LogP contribution in [0.25, 0.3) is 0 Å². The summed E-state index contributed by atoms with van der Waals surface area (Å²) in [6.45, 7) is 3.86. The van der Waals surface area contributed by atoms with Crippen molar-refractivity contribution in [3.63, 3.8) is 0 Å². The van der Waals surface area contributed by atoms with Gasteiger partial charge >= 0.3 is 6.03 Å². The van der Waals surface area contributed by atoms with E-state index in [1.54, 1.807) is 18.2 Å². The molecule has 2 heterocycles. The molecule has 3 aromatic rings. The number of nitrogens with zero attached hydrogens (tertiary/aromatic N) is 3. The number of aromatic nitrogens is 2. The van der Waals surface area contributed by atoms with E-state index in [1.807, 2.05) is 13.8 Å². The summed E-state index contributed by atoms with van der Waals surface area (Å²) in [5, 5.41) is 8.29. The first-order valence-corrected chi connectivity index (χ1v) is 11.5. The molecular weight excluding hydrogens is 501 g/mol. The van der Waals surface area contributed by atoms with Gasteiger partial charge in [-0.05, 0) is 41.7 Å². The molecule has 0 spiro atoms. The summed E-state index contributed by atoms with van der Waals surface area (Å²) in [6.07, 6.45) is 4.30. The Hall–Kier alpha value is -4.25. The molecule has 1 aromatic heterocycles. The Labute approximate surface area is 217 Å². The zero-order chi connectivity index (χ0) is 26.9. The van der Waals surface area contributed by atoms with Crippen LogP contribution in [-0.4, -0.2) is 34.9 Å². The highest BCUT2D eigenvalue weighted by molar-refractivity contribution is 6.33.